The second-order valence-corrected chi connectivity index (χ2v) is 6.42. The summed E-state index contributed by atoms with van der Waals surface area (Å²) in [6, 6.07) is 8.88. The highest BCUT2D eigenvalue weighted by molar-refractivity contribution is 9.09. The molecule has 112 valence electrons. The molecule has 0 saturated heterocycles. The second-order valence-electron chi connectivity index (χ2n) is 4.26. The number of hydrogen-bond acceptors (Lipinski definition) is 2. The Hall–Kier alpha value is -0.610. The highest BCUT2D eigenvalue weighted by atomic mass is 79.9. The van der Waals surface area contributed by atoms with E-state index in [1.165, 1.54) is 0 Å². The molecule has 0 aliphatic heterocycles. The maximum atomic E-state index is 6.33. The lowest BCUT2D eigenvalue weighted by molar-refractivity contribution is 0.354. The monoisotopic (exact) mass is 408 g/mol. The minimum Gasteiger partial charge on any atom is -0.493 e. The zero-order chi connectivity index (χ0) is 15.6. The molecule has 2 aromatic carbocycles. The summed E-state index contributed by atoms with van der Waals surface area (Å²) in [5.41, 5.74) is 1.70. The largest absolute Gasteiger partial charge is 0.493 e. The van der Waals surface area contributed by atoms with Gasteiger partial charge in [-0.2, -0.15) is 0 Å². The number of benzene rings is 2. The van der Waals surface area contributed by atoms with Crippen molar-refractivity contribution < 1.29 is 9.47 Å². The van der Waals surface area contributed by atoms with Crippen LogP contribution >= 0.6 is 50.7 Å². The fourth-order valence-electron chi connectivity index (χ4n) is 1.94. The summed E-state index contributed by atoms with van der Waals surface area (Å²) in [5.74, 6) is 1.18. The quantitative estimate of drug-likeness (QED) is 0.563. The van der Waals surface area contributed by atoms with Crippen molar-refractivity contribution in [1.29, 1.82) is 0 Å². The SMILES string of the molecule is COc1cc(Cl)c(C(Br)c2ccc(Cl)cc2Cl)cc1OC. The molecule has 0 fully saturated rings. The fourth-order valence-corrected chi connectivity index (χ4v) is 3.76. The minimum absolute atomic E-state index is 0.186. The van der Waals surface area contributed by atoms with Crippen LogP contribution < -0.4 is 9.47 Å². The molecule has 0 spiro atoms. The van der Waals surface area contributed by atoms with Crippen molar-refractivity contribution in [2.24, 2.45) is 0 Å². The zero-order valence-corrected chi connectivity index (χ0v) is 15.1. The van der Waals surface area contributed by atoms with Crippen LogP contribution in [-0.4, -0.2) is 14.2 Å². The fraction of sp³-hybridized carbons (Fsp3) is 0.200. The van der Waals surface area contributed by atoms with Crippen LogP contribution in [-0.2, 0) is 0 Å². The summed E-state index contributed by atoms with van der Waals surface area (Å²) >= 11 is 22.1. The Morgan fingerprint density at radius 2 is 1.43 bits per heavy atom. The Kier molecular flexibility index (Phi) is 5.67. The molecule has 0 radical (unpaired) electrons. The molecule has 0 aliphatic rings. The molecule has 0 amide bonds. The minimum atomic E-state index is -0.186. The van der Waals surface area contributed by atoms with Gasteiger partial charge in [0.1, 0.15) is 0 Å². The summed E-state index contributed by atoms with van der Waals surface area (Å²) in [6.07, 6.45) is 0. The van der Waals surface area contributed by atoms with Crippen LogP contribution in [0.3, 0.4) is 0 Å². The predicted molar refractivity (Wildman–Crippen MR) is 91.8 cm³/mol. The number of alkyl halides is 1. The van der Waals surface area contributed by atoms with E-state index in [-0.39, 0.29) is 4.83 Å². The van der Waals surface area contributed by atoms with Gasteiger partial charge in [0.15, 0.2) is 11.5 Å². The van der Waals surface area contributed by atoms with E-state index in [1.54, 1.807) is 32.4 Å². The van der Waals surface area contributed by atoms with Crippen LogP contribution in [0.1, 0.15) is 16.0 Å². The summed E-state index contributed by atoms with van der Waals surface area (Å²) in [4.78, 5) is -0.186. The Morgan fingerprint density at radius 1 is 0.857 bits per heavy atom. The third-order valence-corrected chi connectivity index (χ3v) is 4.89. The molecule has 1 atom stereocenters. The van der Waals surface area contributed by atoms with Gasteiger partial charge in [-0.25, -0.2) is 0 Å². The van der Waals surface area contributed by atoms with Crippen molar-refractivity contribution in [2.45, 2.75) is 4.83 Å². The smallest absolute Gasteiger partial charge is 0.162 e. The molecule has 0 aromatic heterocycles. The molecule has 1 unspecified atom stereocenters. The lowest BCUT2D eigenvalue weighted by Gasteiger charge is -2.17. The van der Waals surface area contributed by atoms with E-state index in [4.69, 9.17) is 44.3 Å². The first-order chi connectivity index (χ1) is 9.97. The van der Waals surface area contributed by atoms with Crippen LogP contribution in [0.15, 0.2) is 30.3 Å². The van der Waals surface area contributed by atoms with Crippen LogP contribution in [0, 0.1) is 0 Å². The number of methoxy groups -OCH3 is 2. The van der Waals surface area contributed by atoms with E-state index in [2.05, 4.69) is 15.9 Å². The molecule has 2 nitrogen and oxygen atoms in total. The molecule has 6 heteroatoms. The average Bonchev–Trinajstić information content (AvgIpc) is 2.46. The topological polar surface area (TPSA) is 18.5 Å². The van der Waals surface area contributed by atoms with Gasteiger partial charge < -0.3 is 9.47 Å². The normalized spacial score (nSPS) is 12.1. The lowest BCUT2D eigenvalue weighted by atomic mass is 10.0. The Morgan fingerprint density at radius 3 is 2.00 bits per heavy atom. The van der Waals surface area contributed by atoms with Gasteiger partial charge >= 0.3 is 0 Å². The van der Waals surface area contributed by atoms with Gasteiger partial charge in [-0.3, -0.25) is 0 Å². The molecular formula is C15H12BrCl3O2. The van der Waals surface area contributed by atoms with Gasteiger partial charge in [0, 0.05) is 21.1 Å². The van der Waals surface area contributed by atoms with Gasteiger partial charge in [0.2, 0.25) is 0 Å². The van der Waals surface area contributed by atoms with E-state index in [1.807, 2.05) is 12.1 Å². The van der Waals surface area contributed by atoms with Gasteiger partial charge in [-0.05, 0) is 29.3 Å². The molecule has 0 aliphatic carbocycles. The van der Waals surface area contributed by atoms with Crippen molar-refractivity contribution in [1.82, 2.24) is 0 Å². The van der Waals surface area contributed by atoms with E-state index in [0.29, 0.717) is 26.6 Å². The number of halogens is 4. The van der Waals surface area contributed by atoms with Gasteiger partial charge in [0.05, 0.1) is 19.0 Å². The highest BCUT2D eigenvalue weighted by Crippen LogP contribution is 2.43. The molecule has 2 aromatic rings. The Balaban J connectivity index is 2.50. The van der Waals surface area contributed by atoms with E-state index >= 15 is 0 Å². The Bertz CT molecular complexity index is 662. The van der Waals surface area contributed by atoms with Crippen LogP contribution in [0.4, 0.5) is 0 Å². The van der Waals surface area contributed by atoms with E-state index in [9.17, 15) is 0 Å². The molecule has 0 heterocycles. The lowest BCUT2D eigenvalue weighted by Crippen LogP contribution is -1.98. The van der Waals surface area contributed by atoms with Crippen molar-refractivity contribution in [3.05, 3.63) is 56.5 Å². The maximum Gasteiger partial charge on any atom is 0.162 e. The second kappa shape index (κ2) is 7.10. The maximum absolute atomic E-state index is 6.33. The molecule has 2 rings (SSSR count). The first-order valence-corrected chi connectivity index (χ1v) is 8.03. The van der Waals surface area contributed by atoms with Gasteiger partial charge in [-0.15, -0.1) is 0 Å². The van der Waals surface area contributed by atoms with E-state index in [0.717, 1.165) is 11.1 Å². The summed E-state index contributed by atoms with van der Waals surface area (Å²) in [7, 11) is 3.14. The summed E-state index contributed by atoms with van der Waals surface area (Å²) in [5, 5.41) is 1.71. The summed E-state index contributed by atoms with van der Waals surface area (Å²) in [6.45, 7) is 0. The molecule has 21 heavy (non-hydrogen) atoms. The van der Waals surface area contributed by atoms with Crippen molar-refractivity contribution in [2.75, 3.05) is 14.2 Å². The molecular weight excluding hydrogens is 398 g/mol. The first kappa shape index (κ1) is 16.8. The number of ether oxygens (including phenoxy) is 2. The van der Waals surface area contributed by atoms with Crippen molar-refractivity contribution >= 4 is 50.7 Å². The average molecular weight is 411 g/mol. The standard InChI is InChI=1S/C15H12BrCl3O2/c1-20-13-6-10(12(19)7-14(13)21-2)15(16)9-4-3-8(17)5-11(9)18/h3-7,15H,1-2H3. The third kappa shape index (κ3) is 3.59. The molecule has 0 N–H and O–H groups in total. The molecule has 0 saturated carbocycles. The first-order valence-electron chi connectivity index (χ1n) is 5.98. The van der Waals surface area contributed by atoms with Crippen LogP contribution in [0.5, 0.6) is 11.5 Å². The third-order valence-electron chi connectivity index (χ3n) is 3.01. The van der Waals surface area contributed by atoms with E-state index < -0.39 is 0 Å². The highest BCUT2D eigenvalue weighted by Gasteiger charge is 2.20. The molecule has 0 bridgehead atoms. The van der Waals surface area contributed by atoms with Crippen molar-refractivity contribution in [3.63, 3.8) is 0 Å². The van der Waals surface area contributed by atoms with Gasteiger partial charge in [0.25, 0.3) is 0 Å². The van der Waals surface area contributed by atoms with Crippen LogP contribution in [0.25, 0.3) is 0 Å². The number of hydrogen-bond donors (Lipinski definition) is 0. The van der Waals surface area contributed by atoms with Gasteiger partial charge in [-0.1, -0.05) is 56.8 Å². The Labute approximate surface area is 147 Å². The predicted octanol–water partition coefficient (Wildman–Crippen LogP) is 6.15. The summed E-state index contributed by atoms with van der Waals surface area (Å²) < 4.78 is 10.5. The number of rotatable bonds is 4. The van der Waals surface area contributed by atoms with Crippen molar-refractivity contribution in [3.8, 4) is 11.5 Å². The van der Waals surface area contributed by atoms with Crippen LogP contribution in [0.2, 0.25) is 15.1 Å². The zero-order valence-electron chi connectivity index (χ0n) is 11.3.